The molecule has 0 N–H and O–H groups in total. The molecule has 150 valence electrons. The molecule has 1 unspecified atom stereocenters. The molecule has 27 heavy (non-hydrogen) atoms. The largest absolute Gasteiger partial charge is 0.493 e. The van der Waals surface area contributed by atoms with Crippen molar-refractivity contribution in [2.24, 2.45) is 5.41 Å². The zero-order valence-corrected chi connectivity index (χ0v) is 17.5. The summed E-state index contributed by atoms with van der Waals surface area (Å²) in [6.07, 6.45) is 5.17. The number of carbonyl (C=O) groups excluding carboxylic acids is 1. The van der Waals surface area contributed by atoms with Crippen molar-refractivity contribution >= 4 is 6.03 Å². The molecule has 2 heterocycles. The molecule has 2 aliphatic heterocycles. The molecular weight excluding hydrogens is 340 g/mol. The normalized spacial score (nSPS) is 20.7. The number of hydrogen-bond acceptors (Lipinski definition) is 3. The van der Waals surface area contributed by atoms with E-state index in [9.17, 15) is 4.79 Å². The molecule has 0 radical (unpaired) electrons. The third-order valence-electron chi connectivity index (χ3n) is 5.99. The average molecular weight is 375 g/mol. The van der Waals surface area contributed by atoms with Crippen LogP contribution in [0.5, 0.6) is 11.5 Å². The Balaban J connectivity index is 1.93. The minimum absolute atomic E-state index is 0.000218. The monoisotopic (exact) mass is 374 g/mol. The minimum atomic E-state index is 0.000218. The molecule has 1 aromatic carbocycles. The van der Waals surface area contributed by atoms with Gasteiger partial charge in [-0.2, -0.15) is 0 Å². The Labute approximate surface area is 163 Å². The van der Waals surface area contributed by atoms with Gasteiger partial charge in [0.1, 0.15) is 0 Å². The van der Waals surface area contributed by atoms with E-state index in [0.29, 0.717) is 0 Å². The summed E-state index contributed by atoms with van der Waals surface area (Å²) in [6, 6.07) is 4.55. The Hall–Kier alpha value is -1.91. The van der Waals surface area contributed by atoms with Crippen LogP contribution in [-0.4, -0.2) is 55.7 Å². The van der Waals surface area contributed by atoms with Gasteiger partial charge in [-0.3, -0.25) is 0 Å². The van der Waals surface area contributed by atoms with Gasteiger partial charge in [0, 0.05) is 25.7 Å². The van der Waals surface area contributed by atoms with Crippen LogP contribution in [0.2, 0.25) is 0 Å². The third kappa shape index (κ3) is 4.17. The fraction of sp³-hybridized carbons (Fsp3) is 0.682. The summed E-state index contributed by atoms with van der Waals surface area (Å²) in [5.74, 6) is 1.53. The quantitative estimate of drug-likeness (QED) is 0.782. The molecule has 0 saturated carbocycles. The summed E-state index contributed by atoms with van der Waals surface area (Å²) in [4.78, 5) is 17.5. The van der Waals surface area contributed by atoms with Gasteiger partial charge in [0.15, 0.2) is 11.5 Å². The Morgan fingerprint density at radius 2 is 1.56 bits per heavy atom. The van der Waals surface area contributed by atoms with Gasteiger partial charge >= 0.3 is 6.03 Å². The maximum atomic E-state index is 13.4. The van der Waals surface area contributed by atoms with Crippen molar-refractivity contribution in [2.75, 3.05) is 33.9 Å². The number of urea groups is 1. The highest BCUT2D eigenvalue weighted by molar-refractivity contribution is 5.75. The van der Waals surface area contributed by atoms with Gasteiger partial charge in [-0.15, -0.1) is 0 Å². The van der Waals surface area contributed by atoms with E-state index in [1.54, 1.807) is 14.2 Å². The maximum Gasteiger partial charge on any atom is 0.320 e. The van der Waals surface area contributed by atoms with E-state index in [2.05, 4.69) is 42.7 Å². The Morgan fingerprint density at radius 3 is 2.11 bits per heavy atom. The SMILES string of the molecule is COc1cc2c(cc1OC)CC(C(C)(C)C)N(C(=O)N1CCCCC1)CC2. The number of hydrogen-bond donors (Lipinski definition) is 0. The van der Waals surface area contributed by atoms with Crippen molar-refractivity contribution in [3.8, 4) is 11.5 Å². The lowest BCUT2D eigenvalue weighted by Gasteiger charge is -2.42. The lowest BCUT2D eigenvalue weighted by atomic mass is 9.82. The number of ether oxygens (including phenoxy) is 2. The van der Waals surface area contributed by atoms with Gasteiger partial charge in [0.05, 0.1) is 14.2 Å². The summed E-state index contributed by atoms with van der Waals surface area (Å²) in [5.41, 5.74) is 2.53. The number of benzene rings is 1. The Kier molecular flexibility index (Phi) is 5.87. The first-order valence-electron chi connectivity index (χ1n) is 10.1. The fourth-order valence-electron chi connectivity index (χ4n) is 4.37. The zero-order valence-electron chi connectivity index (χ0n) is 17.5. The molecule has 2 amide bonds. The van der Waals surface area contributed by atoms with Crippen LogP contribution >= 0.6 is 0 Å². The van der Waals surface area contributed by atoms with Crippen LogP contribution in [0.15, 0.2) is 12.1 Å². The number of piperidine rings is 1. The standard InChI is InChI=1S/C22H34N2O3/c1-22(2,3)20-15-17-14-19(27-5)18(26-4)13-16(17)9-12-24(20)21(25)23-10-7-6-8-11-23/h13-14,20H,6-12,15H2,1-5H3. The molecular formula is C22H34N2O3. The minimum Gasteiger partial charge on any atom is -0.493 e. The van der Waals surface area contributed by atoms with Crippen molar-refractivity contribution in [3.63, 3.8) is 0 Å². The molecule has 1 fully saturated rings. The summed E-state index contributed by atoms with van der Waals surface area (Å²) in [5, 5.41) is 0. The second kappa shape index (κ2) is 7.99. The Morgan fingerprint density at radius 1 is 0.963 bits per heavy atom. The lowest BCUT2D eigenvalue weighted by molar-refractivity contribution is 0.0884. The van der Waals surface area contributed by atoms with Gasteiger partial charge < -0.3 is 19.3 Å². The van der Waals surface area contributed by atoms with E-state index in [0.717, 1.165) is 56.8 Å². The molecule has 0 aliphatic carbocycles. The summed E-state index contributed by atoms with van der Waals surface area (Å²) >= 11 is 0. The van der Waals surface area contributed by atoms with Crippen molar-refractivity contribution in [2.45, 2.75) is 58.9 Å². The van der Waals surface area contributed by atoms with E-state index in [1.165, 1.54) is 17.5 Å². The van der Waals surface area contributed by atoms with Gasteiger partial charge in [-0.1, -0.05) is 20.8 Å². The van der Waals surface area contributed by atoms with Crippen LogP contribution in [0.4, 0.5) is 4.79 Å². The lowest BCUT2D eigenvalue weighted by Crippen LogP contribution is -2.54. The second-order valence-electron chi connectivity index (χ2n) is 8.84. The van der Waals surface area contributed by atoms with Crippen LogP contribution in [0.25, 0.3) is 0 Å². The molecule has 1 saturated heterocycles. The second-order valence-corrected chi connectivity index (χ2v) is 8.84. The first kappa shape index (κ1) is 19.8. The van der Waals surface area contributed by atoms with Crippen LogP contribution in [0.3, 0.4) is 0 Å². The average Bonchev–Trinajstić information content (AvgIpc) is 2.86. The summed E-state index contributed by atoms with van der Waals surface area (Å²) in [6.45, 7) is 9.24. The van der Waals surface area contributed by atoms with Crippen LogP contribution in [0, 0.1) is 5.41 Å². The summed E-state index contributed by atoms with van der Waals surface area (Å²) in [7, 11) is 3.35. The molecule has 5 heteroatoms. The van der Waals surface area contributed by atoms with Gasteiger partial charge in [0.2, 0.25) is 0 Å². The summed E-state index contributed by atoms with van der Waals surface area (Å²) < 4.78 is 11.0. The Bertz CT molecular complexity index is 675. The number of rotatable bonds is 2. The smallest absolute Gasteiger partial charge is 0.320 e. The number of methoxy groups -OCH3 is 2. The van der Waals surface area contributed by atoms with Crippen molar-refractivity contribution in [3.05, 3.63) is 23.3 Å². The van der Waals surface area contributed by atoms with Crippen molar-refractivity contribution in [1.82, 2.24) is 9.80 Å². The molecule has 5 nitrogen and oxygen atoms in total. The zero-order chi connectivity index (χ0) is 19.6. The predicted molar refractivity (Wildman–Crippen MR) is 108 cm³/mol. The molecule has 0 aromatic heterocycles. The molecule has 1 aromatic rings. The van der Waals surface area contributed by atoms with Gasteiger partial charge in [0.25, 0.3) is 0 Å². The number of fused-ring (bicyclic) bond motifs is 1. The van der Waals surface area contributed by atoms with E-state index < -0.39 is 0 Å². The van der Waals surface area contributed by atoms with Crippen LogP contribution in [-0.2, 0) is 12.8 Å². The predicted octanol–water partition coefficient (Wildman–Crippen LogP) is 4.13. The van der Waals surface area contributed by atoms with Crippen LogP contribution in [0.1, 0.15) is 51.2 Å². The molecule has 0 spiro atoms. The molecule has 0 bridgehead atoms. The van der Waals surface area contributed by atoms with E-state index >= 15 is 0 Å². The van der Waals surface area contributed by atoms with Gasteiger partial charge in [-0.05, 0) is 60.8 Å². The molecule has 3 rings (SSSR count). The first-order valence-corrected chi connectivity index (χ1v) is 10.1. The number of amides is 2. The first-order chi connectivity index (χ1) is 12.8. The van der Waals surface area contributed by atoms with Crippen molar-refractivity contribution < 1.29 is 14.3 Å². The van der Waals surface area contributed by atoms with Crippen LogP contribution < -0.4 is 9.47 Å². The fourth-order valence-corrected chi connectivity index (χ4v) is 4.37. The highest BCUT2D eigenvalue weighted by Gasteiger charge is 2.38. The maximum absolute atomic E-state index is 13.4. The highest BCUT2D eigenvalue weighted by atomic mass is 16.5. The van der Waals surface area contributed by atoms with Crippen molar-refractivity contribution in [1.29, 1.82) is 0 Å². The number of carbonyl (C=O) groups is 1. The highest BCUT2D eigenvalue weighted by Crippen LogP contribution is 2.37. The molecule has 2 aliphatic rings. The van der Waals surface area contributed by atoms with E-state index in [1.807, 2.05) is 0 Å². The van der Waals surface area contributed by atoms with E-state index in [4.69, 9.17) is 9.47 Å². The topological polar surface area (TPSA) is 42.0 Å². The van der Waals surface area contributed by atoms with Gasteiger partial charge in [-0.25, -0.2) is 4.79 Å². The molecule has 1 atom stereocenters. The van der Waals surface area contributed by atoms with E-state index in [-0.39, 0.29) is 17.5 Å². The third-order valence-corrected chi connectivity index (χ3v) is 5.99. The number of nitrogens with zero attached hydrogens (tertiary/aromatic N) is 2. The number of likely N-dealkylation sites (tertiary alicyclic amines) is 1.